The molecule has 0 spiro atoms. The minimum atomic E-state index is -0.209. The first-order valence-electron chi connectivity index (χ1n) is 2.20. The van der Waals surface area contributed by atoms with Crippen LogP contribution >= 0.6 is 15.9 Å². The first-order valence-corrected chi connectivity index (χ1v) is 2.99. The third-order valence-electron chi connectivity index (χ3n) is 0.787. The maximum absolute atomic E-state index is 12.1. The number of rotatable bonds is 0. The van der Waals surface area contributed by atoms with Crippen molar-refractivity contribution in [1.82, 2.24) is 0 Å². The zero-order valence-electron chi connectivity index (χ0n) is 5.51. The number of halogens is 2. The van der Waals surface area contributed by atoms with E-state index in [1.807, 2.05) is 0 Å². The first kappa shape index (κ1) is 13.8. The van der Waals surface area contributed by atoms with E-state index in [2.05, 4.69) is 15.9 Å². The second-order valence-electron chi connectivity index (χ2n) is 1.44. The van der Waals surface area contributed by atoms with Crippen molar-refractivity contribution in [1.29, 1.82) is 0 Å². The third-order valence-corrected chi connectivity index (χ3v) is 1.28. The van der Waals surface area contributed by atoms with Gasteiger partial charge in [0.25, 0.3) is 0 Å². The van der Waals surface area contributed by atoms with E-state index in [4.69, 9.17) is 0 Å². The van der Waals surface area contributed by atoms with Gasteiger partial charge in [0.2, 0.25) is 0 Å². The molecule has 0 atom stereocenters. The Morgan fingerprint density at radius 2 is 1.90 bits per heavy atom. The zero-order valence-corrected chi connectivity index (χ0v) is 10.2. The molecule has 0 fully saturated rings. The van der Waals surface area contributed by atoms with Crippen molar-refractivity contribution in [2.75, 3.05) is 0 Å². The van der Waals surface area contributed by atoms with Crippen molar-refractivity contribution in [2.45, 2.75) is 0 Å². The first-order chi connectivity index (χ1) is 3.79. The second-order valence-corrected chi connectivity index (χ2v) is 2.36. The van der Waals surface area contributed by atoms with Crippen LogP contribution in [0.4, 0.5) is 4.39 Å². The summed E-state index contributed by atoms with van der Waals surface area (Å²) in [5, 5.41) is 0. The molecule has 0 aliphatic carbocycles. The molecule has 4 heteroatoms. The summed E-state index contributed by atoms with van der Waals surface area (Å²) in [5.74, 6) is -0.209. The number of hydrogen-bond donors (Lipinski definition) is 0. The van der Waals surface area contributed by atoms with Crippen LogP contribution in [-0.4, -0.2) is 5.48 Å². The zero-order chi connectivity index (χ0) is 5.98. The van der Waals surface area contributed by atoms with E-state index in [1.165, 1.54) is 12.1 Å². The molecule has 0 heterocycles. The molecule has 1 rings (SSSR count). The Morgan fingerprint density at radius 3 is 2.20 bits per heavy atom. The molecular weight excluding hydrogens is 226 g/mol. The van der Waals surface area contributed by atoms with E-state index in [9.17, 15) is 4.39 Å². The van der Waals surface area contributed by atoms with Gasteiger partial charge < -0.3 is 5.48 Å². The molecule has 0 bridgehead atoms. The van der Waals surface area contributed by atoms with Crippen LogP contribution in [0.2, 0.25) is 0 Å². The van der Waals surface area contributed by atoms with Gasteiger partial charge in [-0.1, -0.05) is 22.0 Å². The Bertz CT molecular complexity index is 178. The molecule has 0 aliphatic heterocycles. The van der Waals surface area contributed by atoms with Crippen molar-refractivity contribution in [3.63, 3.8) is 0 Å². The summed E-state index contributed by atoms with van der Waals surface area (Å²) < 4.78 is 12.9. The molecule has 0 amide bonds. The van der Waals surface area contributed by atoms with Gasteiger partial charge in [-0.15, -0.1) is 0 Å². The smallest absolute Gasteiger partial charge is 0.870 e. The summed E-state index contributed by atoms with van der Waals surface area (Å²) in [5.41, 5.74) is 0. The van der Waals surface area contributed by atoms with Crippen LogP contribution in [0, 0.1) is 5.82 Å². The number of hydrogen-bond acceptors (Lipinski definition) is 1. The minimum Gasteiger partial charge on any atom is -0.870 e. The molecule has 0 saturated heterocycles. The molecule has 50 valence electrons. The van der Waals surface area contributed by atoms with Crippen LogP contribution in [0.25, 0.3) is 0 Å². The van der Waals surface area contributed by atoms with Gasteiger partial charge >= 0.3 is 51.4 Å². The molecule has 1 nitrogen and oxygen atoms in total. The summed E-state index contributed by atoms with van der Waals surface area (Å²) in [6.07, 6.45) is 0. The summed E-state index contributed by atoms with van der Waals surface area (Å²) in [6.45, 7) is 0. The monoisotopic (exact) mass is 230 g/mol. The molecule has 0 radical (unpaired) electrons. The van der Waals surface area contributed by atoms with E-state index >= 15 is 0 Å². The molecule has 1 aromatic carbocycles. The standard InChI is InChI=1S/C6H4BrF.K.H2O/c7-5-2-1-3-6(8)4-5;;/h1-4H;;1H2/q;+1;/p-1. The fourth-order valence-electron chi connectivity index (χ4n) is 0.460. The molecule has 0 aromatic heterocycles. The fourth-order valence-corrected chi connectivity index (χ4v) is 0.831. The van der Waals surface area contributed by atoms with Crippen molar-refractivity contribution in [3.8, 4) is 0 Å². The van der Waals surface area contributed by atoms with Gasteiger partial charge in [-0.25, -0.2) is 4.39 Å². The molecule has 0 saturated carbocycles. The van der Waals surface area contributed by atoms with Gasteiger partial charge in [0.05, 0.1) is 0 Å². The van der Waals surface area contributed by atoms with E-state index in [0.717, 1.165) is 4.47 Å². The predicted octanol–water partition coefficient (Wildman–Crippen LogP) is -0.585. The van der Waals surface area contributed by atoms with Gasteiger partial charge in [-0.2, -0.15) is 0 Å². The van der Waals surface area contributed by atoms with Crippen molar-refractivity contribution >= 4 is 15.9 Å². The van der Waals surface area contributed by atoms with Crippen LogP contribution < -0.4 is 51.4 Å². The van der Waals surface area contributed by atoms with Crippen LogP contribution in [-0.2, 0) is 0 Å². The SMILES string of the molecule is Fc1cccc(Br)c1.[K+].[OH-]. The summed E-state index contributed by atoms with van der Waals surface area (Å²) in [4.78, 5) is 0. The normalized spacial score (nSPS) is 7.40. The molecule has 0 unspecified atom stereocenters. The maximum Gasteiger partial charge on any atom is 1.00 e. The van der Waals surface area contributed by atoms with Crippen molar-refractivity contribution in [2.24, 2.45) is 0 Å². The minimum absolute atomic E-state index is 0. The van der Waals surface area contributed by atoms with E-state index in [-0.39, 0.29) is 62.7 Å². The summed E-state index contributed by atoms with van der Waals surface area (Å²) in [7, 11) is 0. The van der Waals surface area contributed by atoms with E-state index in [0.29, 0.717) is 0 Å². The Hall–Kier alpha value is 1.23. The molecule has 10 heavy (non-hydrogen) atoms. The number of benzene rings is 1. The van der Waals surface area contributed by atoms with Crippen molar-refractivity contribution in [3.05, 3.63) is 34.6 Å². The average Bonchev–Trinajstić information content (AvgIpc) is 1.64. The van der Waals surface area contributed by atoms with Gasteiger partial charge in [-0.05, 0) is 18.2 Å². The molecular formula is C6H5BrFKO. The fraction of sp³-hybridized carbons (Fsp3) is 0. The van der Waals surface area contributed by atoms with Crippen LogP contribution in [0.1, 0.15) is 0 Å². The molecule has 0 aliphatic rings. The quantitative estimate of drug-likeness (QED) is 0.549. The summed E-state index contributed by atoms with van der Waals surface area (Å²) >= 11 is 3.12. The van der Waals surface area contributed by atoms with Gasteiger partial charge in [0.15, 0.2) is 0 Å². The Labute approximate surface area is 110 Å². The van der Waals surface area contributed by atoms with E-state index < -0.39 is 0 Å². The Kier molecular flexibility index (Phi) is 9.53. The molecule has 1 aromatic rings. The topological polar surface area (TPSA) is 30.0 Å². The maximum atomic E-state index is 12.1. The van der Waals surface area contributed by atoms with Gasteiger partial charge in [0, 0.05) is 4.47 Å². The van der Waals surface area contributed by atoms with Crippen molar-refractivity contribution < 1.29 is 61.3 Å². The summed E-state index contributed by atoms with van der Waals surface area (Å²) in [6, 6.07) is 6.26. The predicted molar refractivity (Wildman–Crippen MR) is 36.0 cm³/mol. The van der Waals surface area contributed by atoms with Gasteiger partial charge in [-0.3, -0.25) is 0 Å². The average molecular weight is 231 g/mol. The van der Waals surface area contributed by atoms with E-state index in [1.54, 1.807) is 12.1 Å². The Balaban J connectivity index is 0. The largest absolute Gasteiger partial charge is 1.00 e. The Morgan fingerprint density at radius 1 is 1.30 bits per heavy atom. The molecule has 1 N–H and O–H groups in total. The van der Waals surface area contributed by atoms with Crippen LogP contribution in [0.5, 0.6) is 0 Å². The third kappa shape index (κ3) is 4.95. The van der Waals surface area contributed by atoms with Crippen LogP contribution in [0.15, 0.2) is 28.7 Å². The van der Waals surface area contributed by atoms with Crippen LogP contribution in [0.3, 0.4) is 0 Å². The van der Waals surface area contributed by atoms with Gasteiger partial charge in [0.1, 0.15) is 5.82 Å². The second kappa shape index (κ2) is 6.91.